The largest absolute Gasteiger partial charge is 0.143 e. The Labute approximate surface area is 138 Å². The van der Waals surface area contributed by atoms with Crippen LogP contribution in [0, 0.1) is 0 Å². The van der Waals surface area contributed by atoms with Crippen molar-refractivity contribution in [3.63, 3.8) is 0 Å². The van der Waals surface area contributed by atoms with Crippen molar-refractivity contribution in [3.8, 4) is 0 Å². The van der Waals surface area contributed by atoms with Crippen LogP contribution in [0.5, 0.6) is 0 Å². The van der Waals surface area contributed by atoms with E-state index in [0.29, 0.717) is 4.58 Å². The van der Waals surface area contributed by atoms with Gasteiger partial charge in [-0.05, 0) is 55.8 Å². The molecule has 0 nitrogen and oxygen atoms in total. The van der Waals surface area contributed by atoms with Gasteiger partial charge in [-0.15, -0.1) is 23.5 Å². The van der Waals surface area contributed by atoms with Crippen LogP contribution in [0.1, 0.15) is 16.6 Å². The molecule has 0 spiro atoms. The molecule has 0 atom stereocenters. The van der Waals surface area contributed by atoms with Crippen LogP contribution in [0.2, 0.25) is 0 Å². The van der Waals surface area contributed by atoms with Crippen molar-refractivity contribution in [3.05, 3.63) is 60.2 Å². The van der Waals surface area contributed by atoms with Crippen LogP contribution in [-0.2, 0) is 0 Å². The Morgan fingerprint density at radius 2 is 1.32 bits per heavy atom. The molecule has 4 aromatic rings. The number of thioether (sulfide) groups is 2. The first-order valence-electron chi connectivity index (χ1n) is 7.81. The zero-order valence-corrected chi connectivity index (χ0v) is 13.8. The maximum Gasteiger partial charge on any atom is 0.0757 e. The summed E-state index contributed by atoms with van der Waals surface area (Å²) >= 11 is 4.22. The Kier molecular flexibility index (Phi) is 3.02. The molecule has 4 aromatic carbocycles. The topological polar surface area (TPSA) is 0 Å². The van der Waals surface area contributed by atoms with E-state index in [9.17, 15) is 0 Å². The fraction of sp³-hybridized carbons (Fsp3) is 0.200. The Morgan fingerprint density at radius 3 is 2.09 bits per heavy atom. The molecule has 1 saturated heterocycles. The van der Waals surface area contributed by atoms with Crippen LogP contribution in [0.15, 0.2) is 54.6 Å². The van der Waals surface area contributed by atoms with E-state index in [1.807, 2.05) is 0 Å². The summed E-state index contributed by atoms with van der Waals surface area (Å²) in [5.41, 5.74) is 1.51. The summed E-state index contributed by atoms with van der Waals surface area (Å²) in [5, 5.41) is 8.43. The van der Waals surface area contributed by atoms with E-state index in [-0.39, 0.29) is 0 Å². The van der Waals surface area contributed by atoms with E-state index in [1.165, 1.54) is 55.8 Å². The maximum absolute atomic E-state index is 2.36. The lowest BCUT2D eigenvalue weighted by Crippen LogP contribution is -2.01. The first kappa shape index (κ1) is 13.1. The smallest absolute Gasteiger partial charge is 0.0757 e. The molecule has 0 radical (unpaired) electrons. The molecule has 22 heavy (non-hydrogen) atoms. The van der Waals surface area contributed by atoms with E-state index in [1.54, 1.807) is 0 Å². The van der Waals surface area contributed by atoms with Gasteiger partial charge in [0.15, 0.2) is 0 Å². The highest BCUT2D eigenvalue weighted by atomic mass is 32.2. The summed E-state index contributed by atoms with van der Waals surface area (Å²) in [7, 11) is 0. The third-order valence-corrected chi connectivity index (χ3v) is 7.62. The van der Waals surface area contributed by atoms with Crippen LogP contribution < -0.4 is 0 Å². The molecule has 0 bridgehead atoms. The SMILES string of the molecule is c1cc2ccc3ccc(C4SCCCS4)c4ccc(c1)c2c34. The van der Waals surface area contributed by atoms with Crippen molar-refractivity contribution < 1.29 is 0 Å². The quantitative estimate of drug-likeness (QED) is 0.369. The normalized spacial score (nSPS) is 16.9. The molecule has 1 aliphatic rings. The highest BCUT2D eigenvalue weighted by molar-refractivity contribution is 8.16. The van der Waals surface area contributed by atoms with Crippen LogP contribution in [0.25, 0.3) is 32.3 Å². The van der Waals surface area contributed by atoms with Crippen molar-refractivity contribution in [2.75, 3.05) is 11.5 Å². The summed E-state index contributed by atoms with van der Waals surface area (Å²) in [6.07, 6.45) is 1.34. The molecule has 1 aliphatic heterocycles. The second-order valence-corrected chi connectivity index (χ2v) is 8.66. The fourth-order valence-corrected chi connectivity index (χ4v) is 6.60. The van der Waals surface area contributed by atoms with Crippen molar-refractivity contribution in [1.29, 1.82) is 0 Å². The second kappa shape index (κ2) is 5.07. The molecule has 0 N–H and O–H groups in total. The fourth-order valence-electron chi connectivity index (χ4n) is 3.63. The molecule has 2 heteroatoms. The van der Waals surface area contributed by atoms with Gasteiger partial charge in [-0.2, -0.15) is 0 Å². The minimum atomic E-state index is 0.596. The van der Waals surface area contributed by atoms with E-state index in [0.717, 1.165) is 0 Å². The van der Waals surface area contributed by atoms with Crippen molar-refractivity contribution in [2.45, 2.75) is 11.0 Å². The van der Waals surface area contributed by atoms with Gasteiger partial charge in [-0.3, -0.25) is 0 Å². The first-order valence-corrected chi connectivity index (χ1v) is 9.91. The van der Waals surface area contributed by atoms with Crippen LogP contribution in [-0.4, -0.2) is 11.5 Å². The molecular weight excluding hydrogens is 304 g/mol. The molecule has 0 aromatic heterocycles. The van der Waals surface area contributed by atoms with Crippen LogP contribution in [0.3, 0.4) is 0 Å². The molecular formula is C20H16S2. The summed E-state index contributed by atoms with van der Waals surface area (Å²) in [6, 6.07) is 20.5. The zero-order chi connectivity index (χ0) is 14.5. The predicted molar refractivity (Wildman–Crippen MR) is 102 cm³/mol. The molecule has 0 unspecified atom stereocenters. The molecule has 5 rings (SSSR count). The molecule has 108 valence electrons. The average molecular weight is 320 g/mol. The molecule has 1 heterocycles. The number of hydrogen-bond acceptors (Lipinski definition) is 2. The minimum Gasteiger partial charge on any atom is -0.143 e. The van der Waals surface area contributed by atoms with Crippen molar-refractivity contribution in [1.82, 2.24) is 0 Å². The summed E-state index contributed by atoms with van der Waals surface area (Å²) < 4.78 is 0.596. The Bertz CT molecular complexity index is 952. The van der Waals surface area contributed by atoms with E-state index < -0.39 is 0 Å². The Balaban J connectivity index is 1.89. The zero-order valence-electron chi connectivity index (χ0n) is 12.2. The Hall–Kier alpha value is -1.38. The highest BCUT2D eigenvalue weighted by Crippen LogP contribution is 2.47. The highest BCUT2D eigenvalue weighted by Gasteiger charge is 2.20. The van der Waals surface area contributed by atoms with Gasteiger partial charge < -0.3 is 0 Å². The van der Waals surface area contributed by atoms with Gasteiger partial charge in [0.05, 0.1) is 4.58 Å². The minimum absolute atomic E-state index is 0.596. The van der Waals surface area contributed by atoms with Gasteiger partial charge in [0, 0.05) is 0 Å². The van der Waals surface area contributed by atoms with E-state index in [4.69, 9.17) is 0 Å². The van der Waals surface area contributed by atoms with E-state index in [2.05, 4.69) is 78.1 Å². The van der Waals surface area contributed by atoms with Gasteiger partial charge in [0.25, 0.3) is 0 Å². The average Bonchev–Trinajstić information content (AvgIpc) is 2.60. The summed E-state index contributed by atoms with van der Waals surface area (Å²) in [5.74, 6) is 2.58. The predicted octanol–water partition coefficient (Wildman–Crippen LogP) is 6.45. The second-order valence-electron chi connectivity index (χ2n) is 5.94. The lowest BCUT2D eigenvalue weighted by atomic mass is 9.92. The van der Waals surface area contributed by atoms with Gasteiger partial charge in [0.1, 0.15) is 0 Å². The molecule has 0 aliphatic carbocycles. The molecule has 0 saturated carbocycles. The number of hydrogen-bond donors (Lipinski definition) is 0. The number of rotatable bonds is 1. The van der Waals surface area contributed by atoms with Crippen molar-refractivity contribution in [2.24, 2.45) is 0 Å². The lowest BCUT2D eigenvalue weighted by Gasteiger charge is -2.23. The molecule has 1 fully saturated rings. The summed E-state index contributed by atoms with van der Waals surface area (Å²) in [4.78, 5) is 0. The van der Waals surface area contributed by atoms with Crippen molar-refractivity contribution >= 4 is 55.8 Å². The van der Waals surface area contributed by atoms with Gasteiger partial charge in [-0.25, -0.2) is 0 Å². The standard InChI is InChI=1S/C20H16S2/c1-3-13-5-6-15-8-10-17(20-21-11-2-12-22-20)16-9-7-14(4-1)18(13)19(15)16/h1,3-10,20H,2,11-12H2. The van der Waals surface area contributed by atoms with Crippen LogP contribution >= 0.6 is 23.5 Å². The van der Waals surface area contributed by atoms with Gasteiger partial charge in [0.2, 0.25) is 0 Å². The summed E-state index contributed by atoms with van der Waals surface area (Å²) in [6.45, 7) is 0. The third kappa shape index (κ3) is 1.87. The monoisotopic (exact) mass is 320 g/mol. The van der Waals surface area contributed by atoms with E-state index >= 15 is 0 Å². The maximum atomic E-state index is 2.36. The third-order valence-electron chi connectivity index (χ3n) is 4.64. The van der Waals surface area contributed by atoms with Crippen LogP contribution in [0.4, 0.5) is 0 Å². The lowest BCUT2D eigenvalue weighted by molar-refractivity contribution is 1.10. The Morgan fingerprint density at radius 1 is 0.682 bits per heavy atom. The molecule has 0 amide bonds. The van der Waals surface area contributed by atoms with Gasteiger partial charge >= 0.3 is 0 Å². The van der Waals surface area contributed by atoms with Gasteiger partial charge in [-0.1, -0.05) is 54.6 Å². The first-order chi connectivity index (χ1) is 10.9. The number of benzene rings is 4.